The third kappa shape index (κ3) is 4.85. The molecule has 0 spiro atoms. The summed E-state index contributed by atoms with van der Waals surface area (Å²) in [4.78, 5) is 12.0. The topological polar surface area (TPSA) is 47.6 Å². The van der Waals surface area contributed by atoms with Gasteiger partial charge in [-0.15, -0.1) is 0 Å². The van der Waals surface area contributed by atoms with Gasteiger partial charge in [-0.25, -0.2) is 0 Å². The molecule has 0 aromatic heterocycles. The lowest BCUT2D eigenvalue weighted by Crippen LogP contribution is -2.52. The van der Waals surface area contributed by atoms with Gasteiger partial charge in [0.05, 0.1) is 13.2 Å². The number of carbonyl (C=O) groups is 1. The standard InChI is InChI=1S/C16H25NO3/c1-5-11-17-16(3,15(18)19-4)12-13(2)20-14-9-7-6-8-10-14/h6-10,13,17H,5,11-12H2,1-4H3. The Morgan fingerprint density at radius 3 is 2.55 bits per heavy atom. The van der Waals surface area contributed by atoms with Crippen LogP contribution < -0.4 is 10.1 Å². The van der Waals surface area contributed by atoms with E-state index in [1.165, 1.54) is 7.11 Å². The molecule has 0 saturated heterocycles. The van der Waals surface area contributed by atoms with E-state index in [-0.39, 0.29) is 12.1 Å². The number of hydrogen-bond acceptors (Lipinski definition) is 4. The number of esters is 1. The minimum absolute atomic E-state index is 0.0918. The SMILES string of the molecule is CCCNC(C)(CC(C)Oc1ccccc1)C(=O)OC. The maximum Gasteiger partial charge on any atom is 0.325 e. The molecule has 0 aliphatic carbocycles. The summed E-state index contributed by atoms with van der Waals surface area (Å²) >= 11 is 0. The van der Waals surface area contributed by atoms with Crippen LogP contribution in [0.2, 0.25) is 0 Å². The van der Waals surface area contributed by atoms with Crippen molar-refractivity contribution < 1.29 is 14.3 Å². The van der Waals surface area contributed by atoms with Crippen molar-refractivity contribution in [2.24, 2.45) is 0 Å². The number of rotatable bonds is 8. The van der Waals surface area contributed by atoms with Gasteiger partial charge in [0.1, 0.15) is 11.3 Å². The largest absolute Gasteiger partial charge is 0.491 e. The number of carbonyl (C=O) groups excluding carboxylic acids is 1. The van der Waals surface area contributed by atoms with Crippen molar-refractivity contribution >= 4 is 5.97 Å². The lowest BCUT2D eigenvalue weighted by atomic mass is 9.94. The molecule has 1 aromatic carbocycles. The van der Waals surface area contributed by atoms with Gasteiger partial charge in [-0.2, -0.15) is 0 Å². The number of nitrogens with one attached hydrogen (secondary N) is 1. The van der Waals surface area contributed by atoms with Gasteiger partial charge in [-0.1, -0.05) is 25.1 Å². The van der Waals surface area contributed by atoms with Crippen molar-refractivity contribution in [3.63, 3.8) is 0 Å². The van der Waals surface area contributed by atoms with Crippen LogP contribution in [0.3, 0.4) is 0 Å². The fraction of sp³-hybridized carbons (Fsp3) is 0.562. The Bertz CT molecular complexity index is 407. The highest BCUT2D eigenvalue weighted by molar-refractivity contribution is 5.80. The van der Waals surface area contributed by atoms with E-state index in [4.69, 9.17) is 9.47 Å². The first-order chi connectivity index (χ1) is 9.51. The fourth-order valence-corrected chi connectivity index (χ4v) is 2.20. The highest BCUT2D eigenvalue weighted by atomic mass is 16.5. The molecule has 0 aliphatic rings. The molecule has 0 fully saturated rings. The first kappa shape index (κ1) is 16.5. The zero-order valence-corrected chi connectivity index (χ0v) is 12.8. The number of hydrogen-bond donors (Lipinski definition) is 1. The van der Waals surface area contributed by atoms with Crippen molar-refractivity contribution in [1.82, 2.24) is 5.32 Å². The number of methoxy groups -OCH3 is 1. The Morgan fingerprint density at radius 1 is 1.35 bits per heavy atom. The van der Waals surface area contributed by atoms with Gasteiger partial charge in [-0.05, 0) is 38.9 Å². The molecule has 20 heavy (non-hydrogen) atoms. The molecule has 2 atom stereocenters. The Balaban J connectivity index is 2.66. The summed E-state index contributed by atoms with van der Waals surface area (Å²) in [6.45, 7) is 6.65. The van der Waals surface area contributed by atoms with Gasteiger partial charge in [0, 0.05) is 6.42 Å². The van der Waals surface area contributed by atoms with Gasteiger partial charge in [0.25, 0.3) is 0 Å². The average molecular weight is 279 g/mol. The summed E-state index contributed by atoms with van der Waals surface area (Å²) in [6, 6.07) is 9.61. The fourth-order valence-electron chi connectivity index (χ4n) is 2.20. The smallest absolute Gasteiger partial charge is 0.325 e. The summed E-state index contributed by atoms with van der Waals surface area (Å²) in [5.74, 6) is 0.553. The lowest BCUT2D eigenvalue weighted by molar-refractivity contribution is -0.149. The van der Waals surface area contributed by atoms with Crippen LogP contribution in [0.25, 0.3) is 0 Å². The molecule has 0 saturated carbocycles. The second-order valence-electron chi connectivity index (χ2n) is 5.20. The lowest BCUT2D eigenvalue weighted by Gasteiger charge is -2.30. The van der Waals surface area contributed by atoms with Crippen molar-refractivity contribution in [2.45, 2.75) is 45.3 Å². The molecule has 1 aromatic rings. The minimum atomic E-state index is -0.723. The Morgan fingerprint density at radius 2 is 2.00 bits per heavy atom. The number of para-hydroxylation sites is 1. The van der Waals surface area contributed by atoms with E-state index in [1.54, 1.807) is 0 Å². The molecule has 4 heteroatoms. The van der Waals surface area contributed by atoms with E-state index in [1.807, 2.05) is 44.2 Å². The van der Waals surface area contributed by atoms with Crippen molar-refractivity contribution in [1.29, 1.82) is 0 Å². The highest BCUT2D eigenvalue weighted by Gasteiger charge is 2.35. The van der Waals surface area contributed by atoms with Gasteiger partial charge in [0.15, 0.2) is 0 Å². The molecule has 112 valence electrons. The monoisotopic (exact) mass is 279 g/mol. The number of ether oxygens (including phenoxy) is 2. The molecule has 1 rings (SSSR count). The molecule has 0 radical (unpaired) electrons. The molecule has 0 heterocycles. The molecule has 0 bridgehead atoms. The average Bonchev–Trinajstić information content (AvgIpc) is 2.45. The van der Waals surface area contributed by atoms with Crippen molar-refractivity contribution in [2.75, 3.05) is 13.7 Å². The van der Waals surface area contributed by atoms with Crippen LogP contribution in [0.4, 0.5) is 0 Å². The van der Waals surface area contributed by atoms with E-state index in [9.17, 15) is 4.79 Å². The van der Waals surface area contributed by atoms with E-state index >= 15 is 0 Å². The van der Waals surface area contributed by atoms with Crippen LogP contribution in [-0.2, 0) is 9.53 Å². The molecule has 4 nitrogen and oxygen atoms in total. The predicted molar refractivity (Wildman–Crippen MR) is 79.9 cm³/mol. The van der Waals surface area contributed by atoms with Crippen LogP contribution in [0, 0.1) is 0 Å². The van der Waals surface area contributed by atoms with Gasteiger partial charge < -0.3 is 14.8 Å². The molecule has 2 unspecified atom stereocenters. The van der Waals surface area contributed by atoms with Crippen LogP contribution >= 0.6 is 0 Å². The normalized spacial score (nSPS) is 15.2. The summed E-state index contributed by atoms with van der Waals surface area (Å²) in [7, 11) is 1.41. The summed E-state index contributed by atoms with van der Waals surface area (Å²) < 4.78 is 10.7. The summed E-state index contributed by atoms with van der Waals surface area (Å²) in [6.07, 6.45) is 1.42. The Hall–Kier alpha value is -1.55. The summed E-state index contributed by atoms with van der Waals surface area (Å²) in [5, 5.41) is 3.26. The first-order valence-electron chi connectivity index (χ1n) is 7.07. The second kappa shape index (κ2) is 7.90. The molecular formula is C16H25NO3. The third-order valence-corrected chi connectivity index (χ3v) is 3.18. The van der Waals surface area contributed by atoms with Crippen molar-refractivity contribution in [3.05, 3.63) is 30.3 Å². The van der Waals surface area contributed by atoms with E-state index in [0.29, 0.717) is 6.42 Å². The van der Waals surface area contributed by atoms with Crippen LogP contribution in [0.1, 0.15) is 33.6 Å². The Labute approximate surface area is 121 Å². The van der Waals surface area contributed by atoms with E-state index < -0.39 is 5.54 Å². The quantitative estimate of drug-likeness (QED) is 0.743. The molecule has 1 N–H and O–H groups in total. The maximum absolute atomic E-state index is 12.0. The van der Waals surface area contributed by atoms with Crippen LogP contribution in [-0.4, -0.2) is 31.3 Å². The third-order valence-electron chi connectivity index (χ3n) is 3.18. The predicted octanol–water partition coefficient (Wildman–Crippen LogP) is 2.78. The van der Waals surface area contributed by atoms with Crippen LogP contribution in [0.15, 0.2) is 30.3 Å². The minimum Gasteiger partial charge on any atom is -0.491 e. The highest BCUT2D eigenvalue weighted by Crippen LogP contribution is 2.19. The number of benzene rings is 1. The Kier molecular flexibility index (Phi) is 6.52. The second-order valence-corrected chi connectivity index (χ2v) is 5.20. The molecule has 0 amide bonds. The first-order valence-corrected chi connectivity index (χ1v) is 7.07. The van der Waals surface area contributed by atoms with Gasteiger partial charge in [0.2, 0.25) is 0 Å². The zero-order valence-electron chi connectivity index (χ0n) is 12.8. The van der Waals surface area contributed by atoms with E-state index in [2.05, 4.69) is 12.2 Å². The van der Waals surface area contributed by atoms with Gasteiger partial charge >= 0.3 is 5.97 Å². The maximum atomic E-state index is 12.0. The van der Waals surface area contributed by atoms with Crippen molar-refractivity contribution in [3.8, 4) is 5.75 Å². The van der Waals surface area contributed by atoms with Gasteiger partial charge in [-0.3, -0.25) is 4.79 Å². The molecule has 0 aliphatic heterocycles. The van der Waals surface area contributed by atoms with E-state index in [0.717, 1.165) is 18.7 Å². The van der Waals surface area contributed by atoms with Crippen LogP contribution in [0.5, 0.6) is 5.75 Å². The molecular weight excluding hydrogens is 254 g/mol. The summed E-state index contributed by atoms with van der Waals surface area (Å²) in [5.41, 5.74) is -0.723. The zero-order chi connectivity index (χ0) is 15.0.